The van der Waals surface area contributed by atoms with Gasteiger partial charge in [-0.25, -0.2) is 9.78 Å². The molecule has 0 aliphatic heterocycles. The SMILES string of the molecule is CC(=O)c1c(C)[nH]c(C(=O)COC(=O)c2ccc(Cl)nc2)c1C. The molecule has 0 aromatic carbocycles. The maximum atomic E-state index is 12.2. The van der Waals surface area contributed by atoms with E-state index in [4.69, 9.17) is 16.3 Å². The third-order valence-corrected chi connectivity index (χ3v) is 3.59. The van der Waals surface area contributed by atoms with Crippen LogP contribution in [-0.4, -0.2) is 34.1 Å². The van der Waals surface area contributed by atoms with Gasteiger partial charge in [-0.15, -0.1) is 0 Å². The largest absolute Gasteiger partial charge is 0.454 e. The summed E-state index contributed by atoms with van der Waals surface area (Å²) in [6, 6.07) is 2.91. The molecule has 23 heavy (non-hydrogen) atoms. The van der Waals surface area contributed by atoms with E-state index in [9.17, 15) is 14.4 Å². The monoisotopic (exact) mass is 334 g/mol. The number of carbonyl (C=O) groups excluding carboxylic acids is 3. The number of H-pyrrole nitrogens is 1. The summed E-state index contributed by atoms with van der Waals surface area (Å²) in [6.07, 6.45) is 1.27. The molecule has 6 nitrogen and oxygen atoms in total. The van der Waals surface area contributed by atoms with Crippen LogP contribution in [0.2, 0.25) is 5.15 Å². The molecule has 120 valence electrons. The van der Waals surface area contributed by atoms with Crippen LogP contribution in [0.3, 0.4) is 0 Å². The van der Waals surface area contributed by atoms with Crippen LogP contribution >= 0.6 is 11.6 Å². The smallest absolute Gasteiger partial charge is 0.340 e. The van der Waals surface area contributed by atoms with Crippen molar-refractivity contribution < 1.29 is 19.1 Å². The van der Waals surface area contributed by atoms with Gasteiger partial charge in [-0.1, -0.05) is 11.6 Å². The number of aromatic amines is 1. The van der Waals surface area contributed by atoms with Crippen molar-refractivity contribution in [3.05, 3.63) is 51.6 Å². The number of hydrogen-bond donors (Lipinski definition) is 1. The zero-order valence-electron chi connectivity index (χ0n) is 12.9. The molecule has 0 aliphatic carbocycles. The molecule has 7 heteroatoms. The van der Waals surface area contributed by atoms with Crippen molar-refractivity contribution in [2.24, 2.45) is 0 Å². The Morgan fingerprint density at radius 1 is 1.26 bits per heavy atom. The minimum absolute atomic E-state index is 0.125. The molecule has 2 aromatic rings. The Bertz CT molecular complexity index is 778. The van der Waals surface area contributed by atoms with Gasteiger partial charge in [-0.05, 0) is 38.5 Å². The Balaban J connectivity index is 2.08. The quantitative estimate of drug-likeness (QED) is 0.516. The third kappa shape index (κ3) is 3.65. The first-order valence-corrected chi connectivity index (χ1v) is 7.21. The number of carbonyl (C=O) groups is 3. The summed E-state index contributed by atoms with van der Waals surface area (Å²) >= 11 is 5.63. The van der Waals surface area contributed by atoms with Gasteiger partial charge in [0.15, 0.2) is 12.4 Å². The van der Waals surface area contributed by atoms with Crippen LogP contribution in [0.25, 0.3) is 0 Å². The van der Waals surface area contributed by atoms with E-state index in [0.29, 0.717) is 16.8 Å². The van der Waals surface area contributed by atoms with Crippen molar-refractivity contribution in [1.82, 2.24) is 9.97 Å². The number of halogens is 1. The Labute approximate surface area is 137 Å². The second-order valence-electron chi connectivity index (χ2n) is 5.05. The number of nitrogens with zero attached hydrogens (tertiary/aromatic N) is 1. The first-order valence-electron chi connectivity index (χ1n) is 6.83. The lowest BCUT2D eigenvalue weighted by Crippen LogP contribution is -2.15. The van der Waals surface area contributed by atoms with E-state index in [1.165, 1.54) is 25.3 Å². The average Bonchev–Trinajstić information content (AvgIpc) is 2.80. The summed E-state index contributed by atoms with van der Waals surface area (Å²) in [7, 11) is 0. The van der Waals surface area contributed by atoms with Gasteiger partial charge in [-0.3, -0.25) is 9.59 Å². The highest BCUT2D eigenvalue weighted by Crippen LogP contribution is 2.19. The molecule has 2 heterocycles. The summed E-state index contributed by atoms with van der Waals surface area (Å²) in [5, 5.41) is 0.256. The van der Waals surface area contributed by atoms with E-state index >= 15 is 0 Å². The molecule has 0 saturated heterocycles. The minimum Gasteiger partial charge on any atom is -0.454 e. The summed E-state index contributed by atoms with van der Waals surface area (Å²) < 4.78 is 4.97. The molecule has 0 fully saturated rings. The van der Waals surface area contributed by atoms with E-state index in [1.54, 1.807) is 13.8 Å². The summed E-state index contributed by atoms with van der Waals surface area (Å²) in [6.45, 7) is 4.40. The number of ketones is 2. The van der Waals surface area contributed by atoms with Crippen molar-refractivity contribution in [2.45, 2.75) is 20.8 Å². The van der Waals surface area contributed by atoms with Gasteiger partial charge in [0.25, 0.3) is 0 Å². The van der Waals surface area contributed by atoms with Gasteiger partial charge in [0, 0.05) is 17.5 Å². The van der Waals surface area contributed by atoms with Crippen molar-refractivity contribution in [3.8, 4) is 0 Å². The predicted molar refractivity (Wildman–Crippen MR) is 84.1 cm³/mol. The number of hydrogen-bond acceptors (Lipinski definition) is 5. The van der Waals surface area contributed by atoms with Crippen LogP contribution in [0.4, 0.5) is 0 Å². The molecule has 0 unspecified atom stereocenters. The molecule has 0 amide bonds. The van der Waals surface area contributed by atoms with Crippen molar-refractivity contribution in [3.63, 3.8) is 0 Å². The first-order chi connectivity index (χ1) is 10.8. The zero-order chi connectivity index (χ0) is 17.1. The maximum absolute atomic E-state index is 12.2. The van der Waals surface area contributed by atoms with Gasteiger partial charge >= 0.3 is 5.97 Å². The molecule has 0 aliphatic rings. The number of aromatic nitrogens is 2. The molecule has 0 spiro atoms. The number of esters is 1. The van der Waals surface area contributed by atoms with E-state index in [2.05, 4.69) is 9.97 Å². The molecule has 0 saturated carbocycles. The summed E-state index contributed by atoms with van der Waals surface area (Å²) in [5.74, 6) is -1.21. The van der Waals surface area contributed by atoms with Gasteiger partial charge in [0.2, 0.25) is 5.78 Å². The second-order valence-corrected chi connectivity index (χ2v) is 5.44. The van der Waals surface area contributed by atoms with Crippen LogP contribution in [0.15, 0.2) is 18.3 Å². The van der Waals surface area contributed by atoms with Crippen LogP contribution in [0, 0.1) is 13.8 Å². The number of rotatable bonds is 5. The van der Waals surface area contributed by atoms with Crippen molar-refractivity contribution >= 4 is 29.1 Å². The number of nitrogens with one attached hydrogen (secondary N) is 1. The van der Waals surface area contributed by atoms with Crippen LogP contribution < -0.4 is 0 Å². The molecular weight excluding hydrogens is 320 g/mol. The Morgan fingerprint density at radius 3 is 2.48 bits per heavy atom. The van der Waals surface area contributed by atoms with Crippen molar-refractivity contribution in [2.75, 3.05) is 6.61 Å². The number of ether oxygens (including phenoxy) is 1. The molecule has 0 atom stereocenters. The molecule has 2 aromatic heterocycles. The van der Waals surface area contributed by atoms with Crippen LogP contribution in [0.1, 0.15) is 49.4 Å². The lowest BCUT2D eigenvalue weighted by Gasteiger charge is -2.04. The minimum atomic E-state index is -0.671. The van der Waals surface area contributed by atoms with Crippen LogP contribution in [0.5, 0.6) is 0 Å². The predicted octanol–water partition coefficient (Wildman–Crippen LogP) is 2.92. The Kier molecular flexibility index (Phi) is 4.95. The highest BCUT2D eigenvalue weighted by molar-refractivity contribution is 6.29. The van der Waals surface area contributed by atoms with Gasteiger partial charge in [0.1, 0.15) is 5.15 Å². The van der Waals surface area contributed by atoms with Crippen molar-refractivity contribution in [1.29, 1.82) is 0 Å². The van der Waals surface area contributed by atoms with Crippen LogP contribution in [-0.2, 0) is 4.74 Å². The molecular formula is C16H15ClN2O4. The standard InChI is InChI=1S/C16H15ClN2O4/c1-8-14(10(3)20)9(2)19-15(8)12(21)7-23-16(22)11-4-5-13(17)18-6-11/h4-6,19H,7H2,1-3H3. The average molecular weight is 335 g/mol. The second kappa shape index (κ2) is 6.75. The van der Waals surface area contributed by atoms with E-state index < -0.39 is 18.4 Å². The lowest BCUT2D eigenvalue weighted by atomic mass is 10.1. The number of Topliss-reactive ketones (excluding diaryl/α,β-unsaturated/α-hetero) is 2. The highest BCUT2D eigenvalue weighted by atomic mass is 35.5. The van der Waals surface area contributed by atoms with Gasteiger partial charge in [-0.2, -0.15) is 0 Å². The topological polar surface area (TPSA) is 89.1 Å². The van der Waals surface area contributed by atoms with Gasteiger partial charge < -0.3 is 9.72 Å². The van der Waals surface area contributed by atoms with E-state index in [1.807, 2.05) is 0 Å². The first kappa shape index (κ1) is 16.9. The lowest BCUT2D eigenvalue weighted by molar-refractivity contribution is 0.0473. The Hall–Kier alpha value is -2.47. The third-order valence-electron chi connectivity index (χ3n) is 3.37. The Morgan fingerprint density at radius 2 is 1.96 bits per heavy atom. The number of aryl methyl sites for hydroxylation is 1. The summed E-state index contributed by atoms with van der Waals surface area (Å²) in [5.41, 5.74) is 2.14. The molecule has 2 rings (SSSR count). The fourth-order valence-corrected chi connectivity index (χ4v) is 2.45. The molecule has 0 radical (unpaired) electrons. The van der Waals surface area contributed by atoms with E-state index in [-0.39, 0.29) is 22.2 Å². The molecule has 1 N–H and O–H groups in total. The summed E-state index contributed by atoms with van der Waals surface area (Å²) in [4.78, 5) is 42.2. The number of pyridine rings is 1. The van der Waals surface area contributed by atoms with E-state index in [0.717, 1.165) is 0 Å². The molecule has 0 bridgehead atoms. The highest BCUT2D eigenvalue weighted by Gasteiger charge is 2.21. The maximum Gasteiger partial charge on any atom is 0.340 e. The van der Waals surface area contributed by atoms with Gasteiger partial charge in [0.05, 0.1) is 11.3 Å². The fraction of sp³-hybridized carbons (Fsp3) is 0.250. The zero-order valence-corrected chi connectivity index (χ0v) is 13.7. The normalized spacial score (nSPS) is 10.4. The fourth-order valence-electron chi connectivity index (χ4n) is 2.34.